The van der Waals surface area contributed by atoms with Crippen molar-refractivity contribution in [3.8, 4) is 11.5 Å². The molecule has 0 aliphatic carbocycles. The van der Waals surface area contributed by atoms with E-state index in [0.717, 1.165) is 28.8 Å². The molecule has 1 aromatic heterocycles. The zero-order valence-corrected chi connectivity index (χ0v) is 18.3. The number of aromatic nitrogens is 2. The highest BCUT2D eigenvalue weighted by molar-refractivity contribution is 5.78. The van der Waals surface area contributed by atoms with Gasteiger partial charge in [-0.1, -0.05) is 24.3 Å². The number of hydrogen-bond acceptors (Lipinski definition) is 5. The summed E-state index contributed by atoms with van der Waals surface area (Å²) in [5.41, 5.74) is 2.97. The second kappa shape index (κ2) is 10.6. The molecular formula is C24H29N3O4. The van der Waals surface area contributed by atoms with E-state index in [0.29, 0.717) is 24.7 Å². The van der Waals surface area contributed by atoms with Crippen LogP contribution in [-0.4, -0.2) is 42.9 Å². The molecule has 0 radical (unpaired) electrons. The van der Waals surface area contributed by atoms with Crippen molar-refractivity contribution in [3.63, 3.8) is 0 Å². The van der Waals surface area contributed by atoms with Gasteiger partial charge in [0.1, 0.15) is 19.0 Å². The summed E-state index contributed by atoms with van der Waals surface area (Å²) < 4.78 is 18.5. The largest absolute Gasteiger partial charge is 0.493 e. The SMILES string of the molecule is C=CCc1ccc(OCCn2c(C(C)NC(=O)COC)nc3ccccc32)c(OC)c1. The van der Waals surface area contributed by atoms with Gasteiger partial charge in [0.15, 0.2) is 11.5 Å². The van der Waals surface area contributed by atoms with Crippen LogP contribution in [0.3, 0.4) is 0 Å². The third-order valence-corrected chi connectivity index (χ3v) is 4.90. The smallest absolute Gasteiger partial charge is 0.246 e. The number of methoxy groups -OCH3 is 2. The molecule has 0 aliphatic heterocycles. The van der Waals surface area contributed by atoms with Gasteiger partial charge in [-0.25, -0.2) is 4.98 Å². The molecule has 164 valence electrons. The molecule has 0 saturated heterocycles. The van der Waals surface area contributed by atoms with Gasteiger partial charge >= 0.3 is 0 Å². The molecule has 7 nitrogen and oxygen atoms in total. The Morgan fingerprint density at radius 1 is 1.23 bits per heavy atom. The van der Waals surface area contributed by atoms with E-state index in [9.17, 15) is 4.79 Å². The summed E-state index contributed by atoms with van der Waals surface area (Å²) in [6.45, 7) is 6.68. The van der Waals surface area contributed by atoms with Gasteiger partial charge in [-0.05, 0) is 43.2 Å². The zero-order chi connectivity index (χ0) is 22.2. The maximum Gasteiger partial charge on any atom is 0.246 e. The first kappa shape index (κ1) is 22.4. The summed E-state index contributed by atoms with van der Waals surface area (Å²) >= 11 is 0. The molecule has 1 N–H and O–H groups in total. The normalized spacial score (nSPS) is 11.8. The average molecular weight is 424 g/mol. The van der Waals surface area contributed by atoms with E-state index in [1.54, 1.807) is 7.11 Å². The summed E-state index contributed by atoms with van der Waals surface area (Å²) in [6.07, 6.45) is 2.63. The molecule has 3 aromatic rings. The van der Waals surface area contributed by atoms with Crippen LogP contribution in [0.4, 0.5) is 0 Å². The Bertz CT molecular complexity index is 1040. The first-order valence-corrected chi connectivity index (χ1v) is 10.2. The van der Waals surface area contributed by atoms with Crippen molar-refractivity contribution < 1.29 is 19.0 Å². The molecular weight excluding hydrogens is 394 g/mol. The highest BCUT2D eigenvalue weighted by atomic mass is 16.5. The van der Waals surface area contributed by atoms with E-state index in [1.165, 1.54) is 7.11 Å². The summed E-state index contributed by atoms with van der Waals surface area (Å²) in [7, 11) is 3.13. The Kier molecular flexibility index (Phi) is 7.67. The van der Waals surface area contributed by atoms with Crippen LogP contribution >= 0.6 is 0 Å². The number of allylic oxidation sites excluding steroid dienone is 1. The first-order chi connectivity index (χ1) is 15.1. The number of para-hydroxylation sites is 2. The van der Waals surface area contributed by atoms with Gasteiger partial charge in [0.05, 0.1) is 30.7 Å². The molecule has 2 aromatic carbocycles. The van der Waals surface area contributed by atoms with Gasteiger partial charge < -0.3 is 24.1 Å². The summed E-state index contributed by atoms with van der Waals surface area (Å²) in [6, 6.07) is 13.5. The third kappa shape index (κ3) is 5.44. The number of imidazole rings is 1. The maximum absolute atomic E-state index is 12.0. The Hall–Kier alpha value is -3.32. The number of hydrogen-bond donors (Lipinski definition) is 1. The third-order valence-electron chi connectivity index (χ3n) is 4.90. The predicted octanol–water partition coefficient (Wildman–Crippen LogP) is 3.68. The van der Waals surface area contributed by atoms with Gasteiger partial charge in [0.2, 0.25) is 5.91 Å². The molecule has 1 amide bonds. The summed E-state index contributed by atoms with van der Waals surface area (Å²) in [5.74, 6) is 1.95. The molecule has 1 unspecified atom stereocenters. The standard InChI is InChI=1S/C24H29N3O4/c1-5-8-18-11-12-21(22(15-18)30-4)31-14-13-27-20-10-7-6-9-19(20)26-24(27)17(2)25-23(28)16-29-3/h5-7,9-12,15,17H,1,8,13-14,16H2,2-4H3,(H,25,28). The van der Waals surface area contributed by atoms with Crippen molar-refractivity contribution in [2.75, 3.05) is 27.4 Å². The molecule has 1 atom stereocenters. The van der Waals surface area contributed by atoms with Gasteiger partial charge in [0, 0.05) is 7.11 Å². The lowest BCUT2D eigenvalue weighted by molar-refractivity contribution is -0.125. The summed E-state index contributed by atoms with van der Waals surface area (Å²) in [5, 5.41) is 2.93. The number of carbonyl (C=O) groups is 1. The number of nitrogens with zero attached hydrogens (tertiary/aromatic N) is 2. The maximum atomic E-state index is 12.0. The first-order valence-electron chi connectivity index (χ1n) is 10.2. The van der Waals surface area contributed by atoms with E-state index in [2.05, 4.69) is 16.5 Å². The minimum Gasteiger partial charge on any atom is -0.493 e. The van der Waals surface area contributed by atoms with Crippen molar-refractivity contribution in [1.29, 1.82) is 0 Å². The van der Waals surface area contributed by atoms with E-state index in [-0.39, 0.29) is 18.6 Å². The fraction of sp³-hybridized carbons (Fsp3) is 0.333. The molecule has 0 spiro atoms. The average Bonchev–Trinajstić information content (AvgIpc) is 3.14. The van der Waals surface area contributed by atoms with Gasteiger partial charge in [-0.15, -0.1) is 6.58 Å². The van der Waals surface area contributed by atoms with Gasteiger partial charge in [-0.3, -0.25) is 4.79 Å². The summed E-state index contributed by atoms with van der Waals surface area (Å²) in [4.78, 5) is 16.7. The minimum atomic E-state index is -0.275. The van der Waals surface area contributed by atoms with Crippen molar-refractivity contribution >= 4 is 16.9 Å². The van der Waals surface area contributed by atoms with Crippen molar-refractivity contribution in [2.24, 2.45) is 0 Å². The highest BCUT2D eigenvalue weighted by Crippen LogP contribution is 2.29. The molecule has 0 aliphatic rings. The van der Waals surface area contributed by atoms with Gasteiger partial charge in [-0.2, -0.15) is 0 Å². The number of ether oxygens (including phenoxy) is 3. The number of rotatable bonds is 11. The van der Waals surface area contributed by atoms with E-state index in [4.69, 9.17) is 19.2 Å². The van der Waals surface area contributed by atoms with Crippen LogP contribution in [0.1, 0.15) is 24.4 Å². The molecule has 3 rings (SSSR count). The van der Waals surface area contributed by atoms with Crippen molar-refractivity contribution in [2.45, 2.75) is 25.9 Å². The number of nitrogens with one attached hydrogen (secondary N) is 1. The minimum absolute atomic E-state index is 0.00925. The fourth-order valence-corrected chi connectivity index (χ4v) is 3.51. The van der Waals surface area contributed by atoms with Crippen LogP contribution in [0.25, 0.3) is 11.0 Å². The lowest BCUT2D eigenvalue weighted by atomic mass is 10.1. The fourth-order valence-electron chi connectivity index (χ4n) is 3.51. The Morgan fingerprint density at radius 3 is 2.77 bits per heavy atom. The van der Waals surface area contributed by atoms with Crippen molar-refractivity contribution in [1.82, 2.24) is 14.9 Å². The lowest BCUT2D eigenvalue weighted by Gasteiger charge is -2.17. The number of fused-ring (bicyclic) bond motifs is 1. The van der Waals surface area contributed by atoms with Crippen LogP contribution in [0.5, 0.6) is 11.5 Å². The molecule has 31 heavy (non-hydrogen) atoms. The van der Waals surface area contributed by atoms with Crippen LogP contribution in [0.15, 0.2) is 55.1 Å². The van der Waals surface area contributed by atoms with Crippen LogP contribution in [-0.2, 0) is 22.5 Å². The number of benzene rings is 2. The number of amides is 1. The lowest BCUT2D eigenvalue weighted by Crippen LogP contribution is -2.31. The predicted molar refractivity (Wildman–Crippen MR) is 121 cm³/mol. The van der Waals surface area contributed by atoms with Crippen LogP contribution in [0.2, 0.25) is 0 Å². The molecule has 1 heterocycles. The monoisotopic (exact) mass is 423 g/mol. The van der Waals surface area contributed by atoms with Gasteiger partial charge in [0.25, 0.3) is 0 Å². The second-order valence-corrected chi connectivity index (χ2v) is 7.16. The topological polar surface area (TPSA) is 74.6 Å². The van der Waals surface area contributed by atoms with Crippen molar-refractivity contribution in [3.05, 3.63) is 66.5 Å². The quantitative estimate of drug-likeness (QED) is 0.476. The Balaban J connectivity index is 1.78. The zero-order valence-electron chi connectivity index (χ0n) is 18.3. The number of carbonyl (C=O) groups excluding carboxylic acids is 1. The van der Waals surface area contributed by atoms with E-state index >= 15 is 0 Å². The molecule has 0 saturated carbocycles. The van der Waals surface area contributed by atoms with Crippen LogP contribution in [0, 0.1) is 0 Å². The van der Waals surface area contributed by atoms with E-state index < -0.39 is 0 Å². The second-order valence-electron chi connectivity index (χ2n) is 7.16. The molecule has 0 bridgehead atoms. The Labute approximate surface area is 182 Å². The highest BCUT2D eigenvalue weighted by Gasteiger charge is 2.18. The van der Waals surface area contributed by atoms with Crippen LogP contribution < -0.4 is 14.8 Å². The molecule has 0 fully saturated rings. The Morgan fingerprint density at radius 2 is 2.03 bits per heavy atom. The molecule has 7 heteroatoms. The van der Waals surface area contributed by atoms with E-state index in [1.807, 2.05) is 55.5 Å².